The van der Waals surface area contributed by atoms with Crippen LogP contribution in [-0.4, -0.2) is 35.9 Å². The summed E-state index contributed by atoms with van der Waals surface area (Å²) in [5.41, 5.74) is 2.44. The van der Waals surface area contributed by atoms with Gasteiger partial charge in [0.15, 0.2) is 0 Å². The van der Waals surface area contributed by atoms with Crippen LogP contribution >= 0.6 is 0 Å². The highest BCUT2D eigenvalue weighted by molar-refractivity contribution is 5.86. The number of aliphatic hydroxyl groups is 1. The predicted octanol–water partition coefficient (Wildman–Crippen LogP) is 5.60. The van der Waals surface area contributed by atoms with Crippen molar-refractivity contribution in [3.63, 3.8) is 0 Å². The molecule has 1 aliphatic heterocycles. The van der Waals surface area contributed by atoms with Crippen LogP contribution in [0.25, 0.3) is 0 Å². The van der Waals surface area contributed by atoms with Gasteiger partial charge in [-0.2, -0.15) is 0 Å². The highest BCUT2D eigenvalue weighted by Crippen LogP contribution is 2.49. The van der Waals surface area contributed by atoms with Gasteiger partial charge in [0.05, 0.1) is 5.60 Å². The molecule has 0 spiro atoms. The Hall–Kier alpha value is -2.14. The summed E-state index contributed by atoms with van der Waals surface area (Å²) in [4.78, 5) is 22.4. The Balaban J connectivity index is 1.92. The van der Waals surface area contributed by atoms with Crippen molar-refractivity contribution >= 4 is 11.9 Å². The van der Waals surface area contributed by atoms with Crippen LogP contribution in [0, 0.1) is 11.3 Å². The van der Waals surface area contributed by atoms with Gasteiger partial charge in [0, 0.05) is 13.0 Å². The molecule has 0 bridgehead atoms. The second kappa shape index (κ2) is 11.6. The molecule has 0 aromatic heterocycles. The Bertz CT molecular complexity index is 799. The predicted molar refractivity (Wildman–Crippen MR) is 127 cm³/mol. The minimum Gasteiger partial charge on any atom is -0.461 e. The molecule has 2 aliphatic rings. The van der Waals surface area contributed by atoms with E-state index >= 15 is 0 Å². The summed E-state index contributed by atoms with van der Waals surface area (Å²) in [6.07, 6.45) is 16.0. The molecule has 2 rings (SSSR count). The van der Waals surface area contributed by atoms with Gasteiger partial charge in [-0.1, -0.05) is 57.1 Å². The lowest BCUT2D eigenvalue weighted by molar-refractivity contribution is -0.140. The lowest BCUT2D eigenvalue weighted by Crippen LogP contribution is -2.52. The van der Waals surface area contributed by atoms with Crippen LogP contribution in [0.2, 0.25) is 0 Å². The molecular formula is C27H40O5. The molecule has 1 aliphatic carbocycles. The van der Waals surface area contributed by atoms with E-state index in [1.807, 2.05) is 18.2 Å². The summed E-state index contributed by atoms with van der Waals surface area (Å²) in [5, 5.41) is 11.4. The number of ether oxygens (including phenoxy) is 2. The van der Waals surface area contributed by atoms with Crippen LogP contribution in [0.1, 0.15) is 79.6 Å². The van der Waals surface area contributed by atoms with Crippen molar-refractivity contribution in [3.05, 3.63) is 47.1 Å². The topological polar surface area (TPSA) is 72.8 Å². The first-order chi connectivity index (χ1) is 15.0. The molecule has 178 valence electrons. The van der Waals surface area contributed by atoms with E-state index in [0.717, 1.165) is 49.7 Å². The first kappa shape index (κ1) is 26.1. The van der Waals surface area contributed by atoms with Crippen molar-refractivity contribution in [1.29, 1.82) is 0 Å². The molecule has 1 saturated carbocycles. The van der Waals surface area contributed by atoms with Crippen molar-refractivity contribution in [2.45, 2.75) is 85.2 Å². The highest BCUT2D eigenvalue weighted by atomic mass is 16.5. The number of cyclic esters (lactones) is 1. The summed E-state index contributed by atoms with van der Waals surface area (Å²) >= 11 is 0. The fourth-order valence-electron chi connectivity index (χ4n) is 4.74. The molecule has 0 saturated heterocycles. The molecule has 0 amide bonds. The van der Waals surface area contributed by atoms with Crippen LogP contribution in [0.15, 0.2) is 47.1 Å². The summed E-state index contributed by atoms with van der Waals surface area (Å²) in [5.74, 6) is -0.300. The molecule has 0 radical (unpaired) electrons. The third-order valence-electron chi connectivity index (χ3n) is 7.07. The molecule has 32 heavy (non-hydrogen) atoms. The maximum absolute atomic E-state index is 11.4. The molecule has 1 fully saturated rings. The molecule has 5 nitrogen and oxygen atoms in total. The van der Waals surface area contributed by atoms with Gasteiger partial charge in [-0.05, 0) is 67.9 Å². The second-order valence-corrected chi connectivity index (χ2v) is 9.98. The van der Waals surface area contributed by atoms with Crippen LogP contribution in [0.4, 0.5) is 0 Å². The van der Waals surface area contributed by atoms with E-state index in [1.165, 1.54) is 25.0 Å². The third-order valence-corrected chi connectivity index (χ3v) is 7.07. The lowest BCUT2D eigenvalue weighted by Gasteiger charge is -2.51. The molecule has 0 unspecified atom stereocenters. The van der Waals surface area contributed by atoms with Gasteiger partial charge in [-0.25, -0.2) is 4.79 Å². The maximum atomic E-state index is 11.4. The Morgan fingerprint density at radius 2 is 2.06 bits per heavy atom. The van der Waals surface area contributed by atoms with Gasteiger partial charge in [0.1, 0.15) is 13.2 Å². The summed E-state index contributed by atoms with van der Waals surface area (Å²) in [7, 11) is 0. The van der Waals surface area contributed by atoms with Crippen molar-refractivity contribution in [3.8, 4) is 0 Å². The summed E-state index contributed by atoms with van der Waals surface area (Å²) < 4.78 is 10.1. The zero-order valence-corrected chi connectivity index (χ0v) is 20.4. The van der Waals surface area contributed by atoms with E-state index in [0.29, 0.717) is 12.5 Å². The number of hydrogen-bond donors (Lipinski definition) is 1. The Kier molecular flexibility index (Phi) is 9.50. The zero-order valence-electron chi connectivity index (χ0n) is 20.4. The van der Waals surface area contributed by atoms with E-state index in [2.05, 4.69) is 33.8 Å². The second-order valence-electron chi connectivity index (χ2n) is 9.98. The summed E-state index contributed by atoms with van der Waals surface area (Å²) in [6.45, 7) is 10.7. The molecule has 5 heteroatoms. The fourth-order valence-corrected chi connectivity index (χ4v) is 4.74. The fraction of sp³-hybridized carbons (Fsp3) is 0.630. The minimum absolute atomic E-state index is 0.0539. The average Bonchev–Trinajstić information content (AvgIpc) is 3.13. The molecule has 0 aromatic carbocycles. The first-order valence-electron chi connectivity index (χ1n) is 11.8. The minimum atomic E-state index is -0.619. The Morgan fingerprint density at radius 3 is 2.69 bits per heavy atom. The van der Waals surface area contributed by atoms with Crippen molar-refractivity contribution in [1.82, 2.24) is 0 Å². The number of carbonyl (C=O) groups is 2. The molecule has 2 atom stereocenters. The number of allylic oxidation sites excluding steroid dienone is 4. The standard InChI is InChI=1S/C27H40O5/c1-20(14-16-27(30)21(2)10-8-15-26(27,4)5)9-6-11-23(18-31-22(3)28)12-7-13-24-17-25(29)32-19-24/h7,9,12-13,17,21,30H,6,8,10-11,14-16,18-19H2,1-5H3/b13-7+,20-9+,23-12-/t21-,27+/m0/s1. The van der Waals surface area contributed by atoms with Crippen LogP contribution in [-0.2, 0) is 19.1 Å². The smallest absolute Gasteiger partial charge is 0.331 e. The monoisotopic (exact) mass is 444 g/mol. The quantitative estimate of drug-likeness (QED) is 0.270. The van der Waals surface area contributed by atoms with Crippen LogP contribution < -0.4 is 0 Å². The van der Waals surface area contributed by atoms with Crippen molar-refractivity contribution < 1.29 is 24.2 Å². The number of hydrogen-bond acceptors (Lipinski definition) is 5. The van der Waals surface area contributed by atoms with Gasteiger partial charge >= 0.3 is 11.9 Å². The zero-order chi connectivity index (χ0) is 23.8. The molecular weight excluding hydrogens is 404 g/mol. The molecule has 1 N–H and O–H groups in total. The van der Waals surface area contributed by atoms with E-state index < -0.39 is 5.60 Å². The normalized spacial score (nSPS) is 26.2. The number of esters is 2. The van der Waals surface area contributed by atoms with Crippen molar-refractivity contribution in [2.24, 2.45) is 11.3 Å². The van der Waals surface area contributed by atoms with Gasteiger partial charge in [0.2, 0.25) is 0 Å². The van der Waals surface area contributed by atoms with Gasteiger partial charge in [0.25, 0.3) is 0 Å². The first-order valence-corrected chi connectivity index (χ1v) is 11.8. The molecule has 1 heterocycles. The van der Waals surface area contributed by atoms with E-state index in [4.69, 9.17) is 9.47 Å². The highest BCUT2D eigenvalue weighted by Gasteiger charge is 2.48. The van der Waals surface area contributed by atoms with Crippen LogP contribution in [0.5, 0.6) is 0 Å². The van der Waals surface area contributed by atoms with E-state index in [9.17, 15) is 14.7 Å². The largest absolute Gasteiger partial charge is 0.461 e. The van der Waals surface area contributed by atoms with Crippen molar-refractivity contribution in [2.75, 3.05) is 13.2 Å². The number of carbonyl (C=O) groups excluding carboxylic acids is 2. The SMILES string of the molecule is CC(=O)OC/C(=C\C=C\C1=CC(=O)OC1)CC/C=C(\C)CC[C@@]1(O)[C@@H](C)CCCC1(C)C. The Morgan fingerprint density at radius 1 is 1.31 bits per heavy atom. The summed E-state index contributed by atoms with van der Waals surface area (Å²) in [6, 6.07) is 0. The van der Waals surface area contributed by atoms with Gasteiger partial charge in [-0.15, -0.1) is 0 Å². The average molecular weight is 445 g/mol. The van der Waals surface area contributed by atoms with Gasteiger partial charge in [-0.3, -0.25) is 4.79 Å². The molecule has 0 aromatic rings. The number of rotatable bonds is 10. The van der Waals surface area contributed by atoms with E-state index in [1.54, 1.807) is 0 Å². The maximum Gasteiger partial charge on any atom is 0.331 e. The third kappa shape index (κ3) is 7.47. The van der Waals surface area contributed by atoms with E-state index in [-0.39, 0.29) is 24.0 Å². The Labute approximate surface area is 193 Å². The lowest BCUT2D eigenvalue weighted by atomic mass is 9.59. The van der Waals surface area contributed by atoms with Gasteiger partial charge < -0.3 is 14.6 Å². The van der Waals surface area contributed by atoms with Crippen LogP contribution in [0.3, 0.4) is 0 Å².